The van der Waals surface area contributed by atoms with Crippen molar-refractivity contribution in [3.63, 3.8) is 0 Å². The van der Waals surface area contributed by atoms with Crippen LogP contribution in [0.3, 0.4) is 0 Å². The molecule has 1 rings (SSSR count). The lowest BCUT2D eigenvalue weighted by Crippen LogP contribution is -2.10. The second-order valence-corrected chi connectivity index (χ2v) is 4.51. The average molecular weight is 250 g/mol. The van der Waals surface area contributed by atoms with Gasteiger partial charge in [-0.05, 0) is 24.5 Å². The van der Waals surface area contributed by atoms with Gasteiger partial charge in [0, 0.05) is 5.56 Å². The second kappa shape index (κ2) is 7.07. The molecule has 1 unspecified atom stereocenters. The van der Waals surface area contributed by atoms with E-state index in [9.17, 15) is 5.11 Å². The Labute approximate surface area is 109 Å². The lowest BCUT2D eigenvalue weighted by Gasteiger charge is -2.12. The van der Waals surface area contributed by atoms with Crippen LogP contribution in [-0.2, 0) is 6.42 Å². The van der Waals surface area contributed by atoms with E-state index in [1.165, 1.54) is 0 Å². The molecule has 0 aliphatic heterocycles. The zero-order valence-electron chi connectivity index (χ0n) is 11.5. The molecule has 1 aromatic carbocycles. The topological polar surface area (TPSA) is 38.7 Å². The van der Waals surface area contributed by atoms with Crippen molar-refractivity contribution in [2.75, 3.05) is 14.2 Å². The molecule has 0 radical (unpaired) electrons. The highest BCUT2D eigenvalue weighted by Gasteiger charge is 2.08. The van der Waals surface area contributed by atoms with E-state index in [2.05, 4.69) is 0 Å². The number of aliphatic hydroxyl groups excluding tert-OH is 1. The van der Waals surface area contributed by atoms with E-state index in [1.807, 2.05) is 44.2 Å². The van der Waals surface area contributed by atoms with Crippen LogP contribution in [-0.4, -0.2) is 25.4 Å². The third kappa shape index (κ3) is 3.77. The third-order valence-corrected chi connectivity index (χ3v) is 2.87. The predicted octanol–water partition coefficient (Wildman–Crippen LogP) is 2.82. The number of ether oxygens (including phenoxy) is 2. The number of aliphatic hydroxyl groups is 1. The summed E-state index contributed by atoms with van der Waals surface area (Å²) in [4.78, 5) is 0. The Kier molecular flexibility index (Phi) is 5.72. The highest BCUT2D eigenvalue weighted by Crippen LogP contribution is 2.28. The first kappa shape index (κ1) is 14.6. The zero-order chi connectivity index (χ0) is 13.5. The Morgan fingerprint density at radius 2 is 1.72 bits per heavy atom. The summed E-state index contributed by atoms with van der Waals surface area (Å²) in [5.74, 6) is 1.83. The zero-order valence-corrected chi connectivity index (χ0v) is 11.5. The molecular formula is C15H22O3. The van der Waals surface area contributed by atoms with Crippen molar-refractivity contribution in [1.82, 2.24) is 0 Å². The van der Waals surface area contributed by atoms with E-state index < -0.39 is 6.10 Å². The molecule has 0 bridgehead atoms. The fraction of sp³-hybridized carbons (Fsp3) is 0.467. The molecule has 3 heteroatoms. The van der Waals surface area contributed by atoms with E-state index >= 15 is 0 Å². The Morgan fingerprint density at radius 3 is 2.17 bits per heavy atom. The molecule has 100 valence electrons. The maximum Gasteiger partial charge on any atom is 0.126 e. The highest BCUT2D eigenvalue weighted by atomic mass is 16.5. The molecule has 0 spiro atoms. The van der Waals surface area contributed by atoms with Crippen molar-refractivity contribution < 1.29 is 14.6 Å². The second-order valence-electron chi connectivity index (χ2n) is 4.51. The van der Waals surface area contributed by atoms with Crippen LogP contribution in [0.25, 0.3) is 0 Å². The van der Waals surface area contributed by atoms with Crippen molar-refractivity contribution in [2.45, 2.75) is 26.4 Å². The van der Waals surface area contributed by atoms with Gasteiger partial charge in [0.25, 0.3) is 0 Å². The van der Waals surface area contributed by atoms with Crippen LogP contribution in [0.1, 0.15) is 19.4 Å². The van der Waals surface area contributed by atoms with E-state index in [-0.39, 0.29) is 5.92 Å². The molecule has 0 aliphatic carbocycles. The lowest BCUT2D eigenvalue weighted by atomic mass is 10.0. The van der Waals surface area contributed by atoms with E-state index in [4.69, 9.17) is 9.47 Å². The molecule has 0 fully saturated rings. The molecule has 0 amide bonds. The first-order valence-corrected chi connectivity index (χ1v) is 6.14. The monoisotopic (exact) mass is 250 g/mol. The Bertz CT molecular complexity index is 374. The van der Waals surface area contributed by atoms with Gasteiger partial charge >= 0.3 is 0 Å². The number of methoxy groups -OCH3 is 2. The normalized spacial score (nSPS) is 13.0. The van der Waals surface area contributed by atoms with Crippen LogP contribution in [0.5, 0.6) is 11.5 Å². The van der Waals surface area contributed by atoms with Gasteiger partial charge in [-0.15, -0.1) is 0 Å². The first-order chi connectivity index (χ1) is 8.60. The summed E-state index contributed by atoms with van der Waals surface area (Å²) in [7, 11) is 3.29. The lowest BCUT2D eigenvalue weighted by molar-refractivity contribution is 0.172. The van der Waals surface area contributed by atoms with Crippen molar-refractivity contribution in [3.8, 4) is 11.5 Å². The summed E-state index contributed by atoms with van der Waals surface area (Å²) < 4.78 is 10.6. The summed E-state index contributed by atoms with van der Waals surface area (Å²) in [6, 6.07) is 5.71. The van der Waals surface area contributed by atoms with Crippen molar-refractivity contribution in [3.05, 3.63) is 35.9 Å². The number of benzene rings is 1. The van der Waals surface area contributed by atoms with Gasteiger partial charge in [-0.2, -0.15) is 0 Å². The van der Waals surface area contributed by atoms with Gasteiger partial charge in [0.2, 0.25) is 0 Å². The minimum atomic E-state index is -0.411. The van der Waals surface area contributed by atoms with Crippen LogP contribution in [0.2, 0.25) is 0 Å². The van der Waals surface area contributed by atoms with Gasteiger partial charge in [-0.25, -0.2) is 0 Å². The number of allylic oxidation sites excluding steroid dienone is 1. The molecule has 18 heavy (non-hydrogen) atoms. The van der Waals surface area contributed by atoms with Gasteiger partial charge in [0.15, 0.2) is 0 Å². The van der Waals surface area contributed by atoms with Crippen LogP contribution in [0, 0.1) is 5.92 Å². The Balaban J connectivity index is 2.83. The Morgan fingerprint density at radius 1 is 1.17 bits per heavy atom. The molecule has 1 atom stereocenters. The quantitative estimate of drug-likeness (QED) is 0.789. The van der Waals surface area contributed by atoms with E-state index in [0.29, 0.717) is 6.42 Å². The van der Waals surface area contributed by atoms with Gasteiger partial charge < -0.3 is 14.6 Å². The third-order valence-electron chi connectivity index (χ3n) is 2.87. The molecule has 0 saturated carbocycles. The Hall–Kier alpha value is -1.48. The minimum Gasteiger partial charge on any atom is -0.496 e. The van der Waals surface area contributed by atoms with Crippen LogP contribution in [0.15, 0.2) is 30.4 Å². The molecule has 0 saturated heterocycles. The van der Waals surface area contributed by atoms with Gasteiger partial charge in [0.05, 0.1) is 20.3 Å². The molecule has 1 N–H and O–H groups in total. The summed E-state index contributed by atoms with van der Waals surface area (Å²) in [5.41, 5.74) is 0.995. The smallest absolute Gasteiger partial charge is 0.126 e. The molecular weight excluding hydrogens is 228 g/mol. The number of hydrogen-bond acceptors (Lipinski definition) is 3. The molecule has 0 aromatic heterocycles. The SMILES string of the molecule is COc1cccc(OC)c1CC=CC(O)C(C)C. The number of hydrogen-bond donors (Lipinski definition) is 1. The molecule has 0 aliphatic rings. The van der Waals surface area contributed by atoms with E-state index in [1.54, 1.807) is 14.2 Å². The molecule has 0 heterocycles. The maximum atomic E-state index is 9.71. The molecule has 3 nitrogen and oxygen atoms in total. The first-order valence-electron chi connectivity index (χ1n) is 6.14. The largest absolute Gasteiger partial charge is 0.496 e. The van der Waals surface area contributed by atoms with Crippen molar-refractivity contribution in [1.29, 1.82) is 0 Å². The van der Waals surface area contributed by atoms with Crippen LogP contribution < -0.4 is 9.47 Å². The van der Waals surface area contributed by atoms with Crippen molar-refractivity contribution >= 4 is 0 Å². The van der Waals surface area contributed by atoms with Gasteiger partial charge in [-0.3, -0.25) is 0 Å². The highest BCUT2D eigenvalue weighted by molar-refractivity contribution is 5.45. The summed E-state index contributed by atoms with van der Waals surface area (Å²) in [5, 5.41) is 9.71. The van der Waals surface area contributed by atoms with E-state index in [0.717, 1.165) is 17.1 Å². The molecule has 1 aromatic rings. The average Bonchev–Trinajstić information content (AvgIpc) is 2.38. The van der Waals surface area contributed by atoms with Gasteiger partial charge in [0.1, 0.15) is 11.5 Å². The minimum absolute atomic E-state index is 0.223. The fourth-order valence-electron chi connectivity index (χ4n) is 1.68. The summed E-state index contributed by atoms with van der Waals surface area (Å²) in [6.45, 7) is 3.97. The van der Waals surface area contributed by atoms with Crippen LogP contribution in [0.4, 0.5) is 0 Å². The fourth-order valence-corrected chi connectivity index (χ4v) is 1.68. The maximum absolute atomic E-state index is 9.71. The van der Waals surface area contributed by atoms with Gasteiger partial charge in [-0.1, -0.05) is 32.1 Å². The summed E-state index contributed by atoms with van der Waals surface area (Å²) in [6.07, 6.45) is 4.03. The predicted molar refractivity (Wildman–Crippen MR) is 73.2 cm³/mol. The summed E-state index contributed by atoms with van der Waals surface area (Å²) >= 11 is 0. The number of rotatable bonds is 6. The van der Waals surface area contributed by atoms with Crippen LogP contribution >= 0.6 is 0 Å². The standard InChI is InChI=1S/C15H22O3/c1-11(2)13(16)8-5-7-12-14(17-3)9-6-10-15(12)18-4/h5-6,8-11,13,16H,7H2,1-4H3. The van der Waals surface area contributed by atoms with Crippen molar-refractivity contribution in [2.24, 2.45) is 5.92 Å².